The summed E-state index contributed by atoms with van der Waals surface area (Å²) >= 11 is 0. The Labute approximate surface area is 217 Å². The summed E-state index contributed by atoms with van der Waals surface area (Å²) in [6.45, 7) is 3.75. The van der Waals surface area contributed by atoms with Crippen LogP contribution in [0, 0.1) is 0 Å². The molecule has 3 nitrogen and oxygen atoms in total. The van der Waals surface area contributed by atoms with E-state index in [1.165, 1.54) is 18.2 Å². The molecular formula is C24H17F13O3. The Bertz CT molecular complexity index is 1170. The average Bonchev–Trinajstić information content (AvgIpc) is 2.86. The van der Waals surface area contributed by atoms with Crippen LogP contribution >= 0.6 is 0 Å². The molecule has 0 bridgehead atoms. The van der Waals surface area contributed by atoms with Crippen LogP contribution in [0.5, 0.6) is 11.5 Å². The first-order valence-electron chi connectivity index (χ1n) is 10.7. The van der Waals surface area contributed by atoms with Crippen molar-refractivity contribution in [2.45, 2.75) is 48.6 Å². The lowest BCUT2D eigenvalue weighted by Gasteiger charge is -2.39. The van der Waals surface area contributed by atoms with Gasteiger partial charge in [0.05, 0.1) is 6.42 Å². The third-order valence-corrected chi connectivity index (χ3v) is 5.28. The maximum Gasteiger partial charge on any atom is 0.460 e. The molecule has 0 spiro atoms. The molecule has 0 saturated carbocycles. The summed E-state index contributed by atoms with van der Waals surface area (Å²) in [5.41, 5.74) is 1.18. The molecule has 0 N–H and O–H groups in total. The highest BCUT2D eigenvalue weighted by atomic mass is 19.4. The Kier molecular flexibility index (Phi) is 9.17. The molecule has 2 aromatic carbocycles. The van der Waals surface area contributed by atoms with Gasteiger partial charge in [0.2, 0.25) is 0 Å². The molecule has 0 radical (unpaired) electrons. The fraction of sp³-hybridized carbons (Fsp3) is 0.375. The van der Waals surface area contributed by atoms with Crippen molar-refractivity contribution in [2.24, 2.45) is 0 Å². The van der Waals surface area contributed by atoms with Crippen LogP contribution in [-0.4, -0.2) is 48.4 Å². The predicted molar refractivity (Wildman–Crippen MR) is 113 cm³/mol. The van der Waals surface area contributed by atoms with E-state index in [9.17, 15) is 61.9 Å². The summed E-state index contributed by atoms with van der Waals surface area (Å²) in [6, 6.07) is 11.5. The van der Waals surface area contributed by atoms with Crippen LogP contribution in [0.1, 0.15) is 12.8 Å². The molecular weight excluding hydrogens is 583 g/mol. The van der Waals surface area contributed by atoms with E-state index in [4.69, 9.17) is 4.74 Å². The number of alkyl halides is 13. The van der Waals surface area contributed by atoms with Gasteiger partial charge in [-0.1, -0.05) is 36.9 Å². The van der Waals surface area contributed by atoms with E-state index in [-0.39, 0.29) is 12.4 Å². The van der Waals surface area contributed by atoms with E-state index in [1.807, 2.05) is 0 Å². The average molecular weight is 600 g/mol. The molecule has 0 aliphatic rings. The first-order chi connectivity index (χ1) is 18.1. The molecule has 0 aliphatic heterocycles. The second-order valence-corrected chi connectivity index (χ2v) is 8.12. The van der Waals surface area contributed by atoms with Crippen LogP contribution in [0.3, 0.4) is 0 Å². The number of rotatable bonds is 12. The zero-order chi connectivity index (χ0) is 30.8. The Morgan fingerprint density at radius 2 is 1.07 bits per heavy atom. The molecule has 0 unspecified atom stereocenters. The maximum absolute atomic E-state index is 13.8. The first kappa shape index (κ1) is 32.8. The maximum atomic E-state index is 13.8. The monoisotopic (exact) mass is 600 g/mol. The largest absolute Gasteiger partial charge is 0.490 e. The van der Waals surface area contributed by atoms with Crippen molar-refractivity contribution in [3.8, 4) is 22.6 Å². The van der Waals surface area contributed by atoms with E-state index in [1.54, 1.807) is 24.3 Å². The molecule has 0 aliphatic carbocycles. The third kappa shape index (κ3) is 6.14. The first-order valence-corrected chi connectivity index (χ1v) is 10.7. The number of benzene rings is 2. The standard InChI is InChI=1S/C24H17F13O3/c1-2-13-39-16-7-3-14(4-8-16)15-5-9-17(10-6-15)40-18(38)11-12-19(25,26)20(27,28)21(29,30)22(31,32)23(33,34)24(35,36)37/h2-10H,1,11-13H2. The quantitative estimate of drug-likeness (QED) is 0.106. The Hall–Kier alpha value is -3.46. The molecule has 222 valence electrons. The molecule has 0 amide bonds. The number of hydrogen-bond donors (Lipinski definition) is 0. The van der Waals surface area contributed by atoms with E-state index < -0.39 is 54.6 Å². The van der Waals surface area contributed by atoms with Gasteiger partial charge in [-0.2, -0.15) is 57.1 Å². The number of esters is 1. The van der Waals surface area contributed by atoms with Gasteiger partial charge in [-0.3, -0.25) is 4.79 Å². The van der Waals surface area contributed by atoms with Crippen molar-refractivity contribution in [1.29, 1.82) is 0 Å². The number of carbonyl (C=O) groups excluding carboxylic acids is 1. The highest BCUT2D eigenvalue weighted by Crippen LogP contribution is 2.60. The summed E-state index contributed by atoms with van der Waals surface area (Å²) in [5.74, 6) is -39.1. The van der Waals surface area contributed by atoms with Gasteiger partial charge in [-0.05, 0) is 35.4 Å². The SMILES string of the molecule is C=CCOc1ccc(-c2ccc(OC(=O)CCC(F)(F)C(F)(F)C(F)(F)C(F)(F)C(F)(F)C(F)(F)F)cc2)cc1. The highest BCUT2D eigenvalue weighted by molar-refractivity contribution is 5.73. The van der Waals surface area contributed by atoms with Crippen molar-refractivity contribution in [2.75, 3.05) is 6.61 Å². The second-order valence-electron chi connectivity index (χ2n) is 8.12. The number of ether oxygens (including phenoxy) is 2. The summed E-state index contributed by atoms with van der Waals surface area (Å²) in [6.07, 6.45) is -10.5. The van der Waals surface area contributed by atoms with Crippen LogP contribution in [-0.2, 0) is 4.79 Å². The van der Waals surface area contributed by atoms with E-state index >= 15 is 0 Å². The van der Waals surface area contributed by atoms with Gasteiger partial charge in [0.1, 0.15) is 18.1 Å². The van der Waals surface area contributed by atoms with Crippen molar-refractivity contribution in [1.82, 2.24) is 0 Å². The smallest absolute Gasteiger partial charge is 0.460 e. The van der Waals surface area contributed by atoms with Gasteiger partial charge in [-0.25, -0.2) is 0 Å². The van der Waals surface area contributed by atoms with Crippen molar-refractivity contribution in [3.05, 3.63) is 61.2 Å². The predicted octanol–water partition coefficient (Wildman–Crippen LogP) is 8.34. The Morgan fingerprint density at radius 3 is 1.50 bits per heavy atom. The third-order valence-electron chi connectivity index (χ3n) is 5.28. The summed E-state index contributed by atoms with van der Waals surface area (Å²) in [7, 11) is 0. The van der Waals surface area contributed by atoms with Gasteiger partial charge < -0.3 is 9.47 Å². The molecule has 40 heavy (non-hydrogen) atoms. The molecule has 0 fully saturated rings. The fourth-order valence-electron chi connectivity index (χ4n) is 3.01. The Balaban J connectivity index is 2.09. The summed E-state index contributed by atoms with van der Waals surface area (Å²) in [5, 5.41) is 0. The normalized spacial score (nSPS) is 13.6. The molecule has 2 rings (SSSR count). The van der Waals surface area contributed by atoms with Crippen molar-refractivity contribution >= 4 is 5.97 Å². The number of carbonyl (C=O) groups is 1. The lowest BCUT2D eigenvalue weighted by molar-refractivity contribution is -0.440. The van der Waals surface area contributed by atoms with Gasteiger partial charge in [0, 0.05) is 6.42 Å². The number of hydrogen-bond acceptors (Lipinski definition) is 3. The van der Waals surface area contributed by atoms with Gasteiger partial charge in [-0.15, -0.1) is 0 Å². The van der Waals surface area contributed by atoms with E-state index in [0.717, 1.165) is 12.1 Å². The van der Waals surface area contributed by atoms with Gasteiger partial charge in [0.25, 0.3) is 0 Å². The van der Waals surface area contributed by atoms with Crippen LogP contribution in [0.2, 0.25) is 0 Å². The molecule has 16 heteroatoms. The molecule has 0 atom stereocenters. The molecule has 0 saturated heterocycles. The molecule has 2 aromatic rings. The van der Waals surface area contributed by atoms with Crippen molar-refractivity contribution in [3.63, 3.8) is 0 Å². The zero-order valence-corrected chi connectivity index (χ0v) is 19.7. The van der Waals surface area contributed by atoms with Crippen molar-refractivity contribution < 1.29 is 71.3 Å². The minimum atomic E-state index is -7.99. The minimum absolute atomic E-state index is 0.256. The van der Waals surface area contributed by atoms with Crippen LogP contribution < -0.4 is 9.47 Å². The number of halogens is 13. The topological polar surface area (TPSA) is 35.5 Å². The van der Waals surface area contributed by atoms with Crippen LogP contribution in [0.15, 0.2) is 61.2 Å². The van der Waals surface area contributed by atoms with Crippen LogP contribution in [0.4, 0.5) is 57.1 Å². The lowest BCUT2D eigenvalue weighted by atomic mass is 9.92. The fourth-order valence-corrected chi connectivity index (χ4v) is 3.01. The lowest BCUT2D eigenvalue weighted by Crippen LogP contribution is -2.70. The van der Waals surface area contributed by atoms with E-state index in [2.05, 4.69) is 11.3 Å². The van der Waals surface area contributed by atoms with E-state index in [0.29, 0.717) is 16.9 Å². The van der Waals surface area contributed by atoms with Gasteiger partial charge >= 0.3 is 41.8 Å². The second kappa shape index (κ2) is 11.2. The Morgan fingerprint density at radius 1 is 0.650 bits per heavy atom. The molecule has 0 aromatic heterocycles. The summed E-state index contributed by atoms with van der Waals surface area (Å²) in [4.78, 5) is 11.8. The minimum Gasteiger partial charge on any atom is -0.490 e. The van der Waals surface area contributed by atoms with Gasteiger partial charge in [0.15, 0.2) is 0 Å². The molecule has 0 heterocycles. The zero-order valence-electron chi connectivity index (χ0n) is 19.7. The highest BCUT2D eigenvalue weighted by Gasteiger charge is 2.90. The summed E-state index contributed by atoms with van der Waals surface area (Å²) < 4.78 is 181. The van der Waals surface area contributed by atoms with Crippen LogP contribution in [0.25, 0.3) is 11.1 Å².